The lowest BCUT2D eigenvalue weighted by Gasteiger charge is -2.17. The molecule has 0 aliphatic carbocycles. The molecule has 1 N–H and O–H groups in total. The number of amides is 1. The number of hydrogen-bond donors (Lipinski definition) is 1. The van der Waals surface area contributed by atoms with Crippen LogP contribution in [0.1, 0.15) is 24.1 Å². The molecule has 1 unspecified atom stereocenters. The van der Waals surface area contributed by atoms with Gasteiger partial charge in [-0.05, 0) is 30.7 Å². The minimum absolute atomic E-state index is 0.0153. The van der Waals surface area contributed by atoms with Crippen LogP contribution in [0.25, 0.3) is 0 Å². The fourth-order valence-corrected chi connectivity index (χ4v) is 3.38. The van der Waals surface area contributed by atoms with Gasteiger partial charge in [-0.15, -0.1) is 11.8 Å². The van der Waals surface area contributed by atoms with Crippen LogP contribution in [0, 0.1) is 0 Å². The molecule has 0 aliphatic rings. The van der Waals surface area contributed by atoms with Gasteiger partial charge in [0.2, 0.25) is 5.91 Å². The van der Waals surface area contributed by atoms with E-state index in [2.05, 4.69) is 5.32 Å². The van der Waals surface area contributed by atoms with Gasteiger partial charge in [0.05, 0.1) is 28.9 Å². The number of ether oxygens (including phenoxy) is 1. The fraction of sp³-hybridized carbons (Fsp3) is 0.278. The number of hydrogen-bond acceptors (Lipinski definition) is 3. The van der Waals surface area contributed by atoms with Crippen molar-refractivity contribution < 1.29 is 9.53 Å². The topological polar surface area (TPSA) is 38.3 Å². The number of para-hydroxylation sites is 1. The van der Waals surface area contributed by atoms with Crippen LogP contribution in [-0.2, 0) is 10.5 Å². The number of rotatable bonds is 7. The lowest BCUT2D eigenvalue weighted by molar-refractivity contribution is -0.119. The standard InChI is InChI=1S/C18H19Cl2NO2S/c1-12(14-5-3-4-6-17(14)23-2)21-18(22)11-24-10-13-7-8-15(19)16(20)9-13/h3-9,12H,10-11H2,1-2H3,(H,21,22). The molecule has 0 heterocycles. The molecule has 1 atom stereocenters. The number of nitrogens with one attached hydrogen (secondary N) is 1. The summed E-state index contributed by atoms with van der Waals surface area (Å²) in [5.41, 5.74) is 2.00. The van der Waals surface area contributed by atoms with Crippen LogP contribution in [0.5, 0.6) is 5.75 Å². The molecular formula is C18H19Cl2NO2S. The molecule has 2 aromatic carbocycles. The number of halogens is 2. The Balaban J connectivity index is 1.83. The SMILES string of the molecule is COc1ccccc1C(C)NC(=O)CSCc1ccc(Cl)c(Cl)c1. The Morgan fingerprint density at radius 3 is 2.67 bits per heavy atom. The van der Waals surface area contributed by atoms with Gasteiger partial charge in [0.25, 0.3) is 0 Å². The molecule has 1 amide bonds. The smallest absolute Gasteiger partial charge is 0.230 e. The third-order valence-corrected chi connectivity index (χ3v) is 5.21. The highest BCUT2D eigenvalue weighted by Gasteiger charge is 2.13. The molecule has 2 aromatic rings. The normalized spacial score (nSPS) is 11.8. The molecule has 6 heteroatoms. The van der Waals surface area contributed by atoms with Crippen LogP contribution in [-0.4, -0.2) is 18.8 Å². The summed E-state index contributed by atoms with van der Waals surface area (Å²) in [4.78, 5) is 12.1. The summed E-state index contributed by atoms with van der Waals surface area (Å²) in [5.74, 6) is 1.83. The Hall–Kier alpha value is -1.36. The average Bonchev–Trinajstić information content (AvgIpc) is 2.58. The largest absolute Gasteiger partial charge is 0.496 e. The Kier molecular flexibility index (Phi) is 7.28. The molecule has 0 saturated heterocycles. The van der Waals surface area contributed by atoms with Gasteiger partial charge >= 0.3 is 0 Å². The van der Waals surface area contributed by atoms with Gasteiger partial charge in [0.15, 0.2) is 0 Å². The summed E-state index contributed by atoms with van der Waals surface area (Å²) in [6.45, 7) is 1.94. The molecule has 3 nitrogen and oxygen atoms in total. The number of carbonyl (C=O) groups excluding carboxylic acids is 1. The van der Waals surface area contributed by atoms with Gasteiger partial charge in [-0.25, -0.2) is 0 Å². The predicted molar refractivity (Wildman–Crippen MR) is 102 cm³/mol. The van der Waals surface area contributed by atoms with Crippen molar-refractivity contribution >= 4 is 40.9 Å². The van der Waals surface area contributed by atoms with Crippen molar-refractivity contribution in [1.82, 2.24) is 5.32 Å². The van der Waals surface area contributed by atoms with E-state index < -0.39 is 0 Å². The summed E-state index contributed by atoms with van der Waals surface area (Å²) in [6, 6.07) is 13.1. The average molecular weight is 384 g/mol. The predicted octanol–water partition coefficient (Wildman–Crippen LogP) is 5.11. The van der Waals surface area contributed by atoms with Crippen LogP contribution >= 0.6 is 35.0 Å². The van der Waals surface area contributed by atoms with E-state index in [-0.39, 0.29) is 11.9 Å². The first kappa shape index (κ1) is 19.0. The molecule has 0 aromatic heterocycles. The lowest BCUT2D eigenvalue weighted by atomic mass is 10.1. The zero-order chi connectivity index (χ0) is 17.5. The molecule has 24 heavy (non-hydrogen) atoms. The zero-order valence-corrected chi connectivity index (χ0v) is 15.8. The summed E-state index contributed by atoms with van der Waals surface area (Å²) >= 11 is 13.4. The van der Waals surface area contributed by atoms with Crippen LogP contribution in [0.15, 0.2) is 42.5 Å². The van der Waals surface area contributed by atoms with E-state index in [0.29, 0.717) is 21.6 Å². The van der Waals surface area contributed by atoms with Crippen molar-refractivity contribution in [1.29, 1.82) is 0 Å². The highest BCUT2D eigenvalue weighted by molar-refractivity contribution is 7.99. The van der Waals surface area contributed by atoms with Gasteiger partial charge in [0, 0.05) is 11.3 Å². The van der Waals surface area contributed by atoms with Crippen LogP contribution in [0.2, 0.25) is 10.0 Å². The van der Waals surface area contributed by atoms with Gasteiger partial charge in [-0.2, -0.15) is 0 Å². The van der Waals surface area contributed by atoms with Crippen LogP contribution < -0.4 is 10.1 Å². The molecule has 0 spiro atoms. The van der Waals surface area contributed by atoms with Crippen molar-refractivity contribution in [2.24, 2.45) is 0 Å². The first-order valence-electron chi connectivity index (χ1n) is 7.45. The third kappa shape index (κ3) is 5.33. The van der Waals surface area contributed by atoms with E-state index in [0.717, 1.165) is 16.9 Å². The minimum atomic E-state index is -0.112. The maximum atomic E-state index is 12.1. The molecule has 0 saturated carbocycles. The summed E-state index contributed by atoms with van der Waals surface area (Å²) in [5, 5.41) is 4.06. The molecule has 0 aliphatic heterocycles. The monoisotopic (exact) mass is 383 g/mol. The molecule has 2 rings (SSSR count). The summed E-state index contributed by atoms with van der Waals surface area (Å²) in [6.07, 6.45) is 0. The molecule has 0 fully saturated rings. The zero-order valence-electron chi connectivity index (χ0n) is 13.5. The van der Waals surface area contributed by atoms with E-state index >= 15 is 0 Å². The van der Waals surface area contributed by atoms with E-state index in [1.54, 1.807) is 13.2 Å². The Morgan fingerprint density at radius 2 is 1.96 bits per heavy atom. The maximum absolute atomic E-state index is 12.1. The first-order valence-corrected chi connectivity index (χ1v) is 9.36. The summed E-state index contributed by atoms with van der Waals surface area (Å²) < 4.78 is 5.33. The second-order valence-electron chi connectivity index (χ2n) is 5.27. The van der Waals surface area contributed by atoms with Crippen LogP contribution in [0.4, 0.5) is 0 Å². The highest BCUT2D eigenvalue weighted by Crippen LogP contribution is 2.26. The van der Waals surface area contributed by atoms with E-state index in [1.165, 1.54) is 11.8 Å². The van der Waals surface area contributed by atoms with Crippen LogP contribution in [0.3, 0.4) is 0 Å². The molecular weight excluding hydrogens is 365 g/mol. The second-order valence-corrected chi connectivity index (χ2v) is 7.07. The lowest BCUT2D eigenvalue weighted by Crippen LogP contribution is -2.28. The Bertz CT molecular complexity index is 709. The third-order valence-electron chi connectivity index (χ3n) is 3.47. The quantitative estimate of drug-likeness (QED) is 0.721. The number of carbonyl (C=O) groups is 1. The molecule has 128 valence electrons. The molecule has 0 bridgehead atoms. The van der Waals surface area contributed by atoms with Crippen molar-refractivity contribution in [2.45, 2.75) is 18.7 Å². The number of benzene rings is 2. The number of methoxy groups -OCH3 is 1. The number of thioether (sulfide) groups is 1. The van der Waals surface area contributed by atoms with Crippen molar-refractivity contribution in [3.8, 4) is 5.75 Å². The van der Waals surface area contributed by atoms with Crippen molar-refractivity contribution in [3.63, 3.8) is 0 Å². The van der Waals surface area contributed by atoms with E-state index in [1.807, 2.05) is 43.3 Å². The van der Waals surface area contributed by atoms with E-state index in [9.17, 15) is 4.79 Å². The Labute approximate surface area is 156 Å². The van der Waals surface area contributed by atoms with Gasteiger partial charge < -0.3 is 10.1 Å². The van der Waals surface area contributed by atoms with Gasteiger partial charge in [-0.3, -0.25) is 4.79 Å². The highest BCUT2D eigenvalue weighted by atomic mass is 35.5. The van der Waals surface area contributed by atoms with Crippen molar-refractivity contribution in [3.05, 3.63) is 63.6 Å². The molecule has 0 radical (unpaired) electrons. The first-order chi connectivity index (χ1) is 11.5. The van der Waals surface area contributed by atoms with E-state index in [4.69, 9.17) is 27.9 Å². The van der Waals surface area contributed by atoms with Crippen molar-refractivity contribution in [2.75, 3.05) is 12.9 Å². The summed E-state index contributed by atoms with van der Waals surface area (Å²) in [7, 11) is 1.63. The fourth-order valence-electron chi connectivity index (χ4n) is 2.28. The Morgan fingerprint density at radius 1 is 1.21 bits per heavy atom. The maximum Gasteiger partial charge on any atom is 0.230 e. The second kappa shape index (κ2) is 9.21. The van der Waals surface area contributed by atoms with Gasteiger partial charge in [0.1, 0.15) is 5.75 Å². The minimum Gasteiger partial charge on any atom is -0.496 e. The van der Waals surface area contributed by atoms with Gasteiger partial charge in [-0.1, -0.05) is 47.5 Å².